The molecule has 1 aliphatic rings. The number of nitrogens with two attached hydrogens (primary N) is 1. The molecule has 2 heterocycles. The van der Waals surface area contributed by atoms with Gasteiger partial charge in [-0.2, -0.15) is 0 Å². The Bertz CT molecular complexity index is 609. The molecule has 1 saturated heterocycles. The van der Waals surface area contributed by atoms with E-state index in [2.05, 4.69) is 4.98 Å². The van der Waals surface area contributed by atoms with Gasteiger partial charge in [0.15, 0.2) is 0 Å². The van der Waals surface area contributed by atoms with Crippen molar-refractivity contribution in [2.75, 3.05) is 0 Å². The van der Waals surface area contributed by atoms with E-state index >= 15 is 0 Å². The predicted molar refractivity (Wildman–Crippen MR) is 92.7 cm³/mol. The molecule has 2 rings (SSSR count). The fourth-order valence-electron chi connectivity index (χ4n) is 2.25. The average molecular weight is 334 g/mol. The quantitative estimate of drug-likeness (QED) is 0.669. The number of nitrogens with zero attached hydrogens (tertiary/aromatic N) is 1. The van der Waals surface area contributed by atoms with Crippen molar-refractivity contribution in [3.63, 3.8) is 0 Å². The fourth-order valence-corrected chi connectivity index (χ4v) is 2.25. The van der Waals surface area contributed by atoms with Crippen LogP contribution in [0.5, 0.6) is 0 Å². The SMILES string of the molecule is CC(C)(C)OC(=O)C(N)c1cc(B2OC(C)(C)C(C)(C)O2)ccn1. The molecule has 1 aromatic heterocycles. The van der Waals surface area contributed by atoms with Gasteiger partial charge in [-0.3, -0.25) is 4.98 Å². The van der Waals surface area contributed by atoms with Gasteiger partial charge in [0.25, 0.3) is 0 Å². The number of pyridine rings is 1. The molecule has 132 valence electrons. The van der Waals surface area contributed by atoms with Gasteiger partial charge < -0.3 is 19.8 Å². The lowest BCUT2D eigenvalue weighted by atomic mass is 9.79. The second kappa shape index (κ2) is 6.13. The normalized spacial score (nSPS) is 20.8. The number of rotatable bonds is 3. The van der Waals surface area contributed by atoms with E-state index in [4.69, 9.17) is 19.8 Å². The largest absolute Gasteiger partial charge is 0.494 e. The fraction of sp³-hybridized carbons (Fsp3) is 0.647. The highest BCUT2D eigenvalue weighted by Crippen LogP contribution is 2.36. The third-order valence-corrected chi connectivity index (χ3v) is 4.31. The van der Waals surface area contributed by atoms with Crippen LogP contribution in [0.3, 0.4) is 0 Å². The number of ether oxygens (including phenoxy) is 1. The van der Waals surface area contributed by atoms with Crippen LogP contribution in [0, 0.1) is 0 Å². The highest BCUT2D eigenvalue weighted by atomic mass is 16.7. The molecule has 0 radical (unpaired) electrons. The minimum Gasteiger partial charge on any atom is -0.459 e. The molecule has 0 saturated carbocycles. The minimum absolute atomic E-state index is 0.427. The molecule has 0 aliphatic carbocycles. The van der Waals surface area contributed by atoms with Crippen molar-refractivity contribution in [1.82, 2.24) is 4.98 Å². The Hall–Kier alpha value is -1.44. The van der Waals surface area contributed by atoms with Crippen LogP contribution in [0.15, 0.2) is 18.3 Å². The Labute approximate surface area is 144 Å². The summed E-state index contributed by atoms with van der Waals surface area (Å²) in [5, 5.41) is 0. The van der Waals surface area contributed by atoms with E-state index in [0.29, 0.717) is 5.69 Å². The summed E-state index contributed by atoms with van der Waals surface area (Å²) in [5.41, 5.74) is 5.73. The Morgan fingerprint density at radius 1 is 1.25 bits per heavy atom. The van der Waals surface area contributed by atoms with E-state index in [9.17, 15) is 4.79 Å². The molecule has 0 amide bonds. The van der Waals surface area contributed by atoms with Crippen LogP contribution in [0.4, 0.5) is 0 Å². The highest BCUT2D eigenvalue weighted by molar-refractivity contribution is 6.62. The molecule has 24 heavy (non-hydrogen) atoms. The van der Waals surface area contributed by atoms with Gasteiger partial charge in [-0.25, -0.2) is 4.79 Å². The lowest BCUT2D eigenvalue weighted by molar-refractivity contribution is -0.156. The minimum atomic E-state index is -0.952. The van der Waals surface area contributed by atoms with Crippen molar-refractivity contribution in [2.24, 2.45) is 5.73 Å². The van der Waals surface area contributed by atoms with Gasteiger partial charge in [-0.1, -0.05) is 0 Å². The number of carbonyl (C=O) groups excluding carboxylic acids is 1. The lowest BCUT2D eigenvalue weighted by Gasteiger charge is -2.32. The maximum atomic E-state index is 12.1. The van der Waals surface area contributed by atoms with Crippen LogP contribution in [0.25, 0.3) is 0 Å². The van der Waals surface area contributed by atoms with E-state index < -0.39 is 35.9 Å². The van der Waals surface area contributed by atoms with Gasteiger partial charge in [0.1, 0.15) is 11.6 Å². The van der Waals surface area contributed by atoms with Crippen LogP contribution in [0.1, 0.15) is 60.2 Å². The van der Waals surface area contributed by atoms with Crippen LogP contribution in [-0.2, 0) is 18.8 Å². The van der Waals surface area contributed by atoms with Crippen LogP contribution in [-0.4, -0.2) is 34.9 Å². The zero-order valence-corrected chi connectivity index (χ0v) is 15.5. The molecular formula is C17H27BN2O4. The van der Waals surface area contributed by atoms with E-state index in [-0.39, 0.29) is 0 Å². The van der Waals surface area contributed by atoms with Crippen molar-refractivity contribution in [2.45, 2.75) is 71.3 Å². The molecule has 1 aromatic rings. The second-order valence-corrected chi connectivity index (χ2v) is 8.11. The van der Waals surface area contributed by atoms with Crippen LogP contribution < -0.4 is 11.2 Å². The average Bonchev–Trinajstić information content (AvgIpc) is 2.65. The summed E-state index contributed by atoms with van der Waals surface area (Å²) in [4.78, 5) is 16.3. The molecule has 0 bridgehead atoms. The molecule has 1 fully saturated rings. The van der Waals surface area contributed by atoms with Crippen molar-refractivity contribution in [3.8, 4) is 0 Å². The molecule has 1 aliphatic heterocycles. The zero-order chi connectivity index (χ0) is 18.3. The highest BCUT2D eigenvalue weighted by Gasteiger charge is 2.51. The van der Waals surface area contributed by atoms with Crippen LogP contribution >= 0.6 is 0 Å². The number of carbonyl (C=O) groups is 1. The summed E-state index contributed by atoms with van der Waals surface area (Å²) in [6, 6.07) is 2.58. The van der Waals surface area contributed by atoms with Crippen LogP contribution in [0.2, 0.25) is 0 Å². The summed E-state index contributed by atoms with van der Waals surface area (Å²) in [6.45, 7) is 13.3. The standard InChI is InChI=1S/C17H27BN2O4/c1-15(2,3)22-14(21)13(19)12-10-11(8-9-20-12)18-23-16(4,5)17(6,7)24-18/h8-10,13H,19H2,1-7H3. The Balaban J connectivity index is 2.20. The Morgan fingerprint density at radius 2 is 1.79 bits per heavy atom. The van der Waals surface area contributed by atoms with Gasteiger partial charge in [0.05, 0.1) is 16.9 Å². The van der Waals surface area contributed by atoms with Crippen molar-refractivity contribution < 1.29 is 18.8 Å². The molecule has 0 spiro atoms. The first-order valence-corrected chi connectivity index (χ1v) is 8.12. The molecular weight excluding hydrogens is 307 g/mol. The first kappa shape index (κ1) is 18.9. The monoisotopic (exact) mass is 334 g/mol. The summed E-state index contributed by atoms with van der Waals surface area (Å²) in [6.07, 6.45) is 1.60. The summed E-state index contributed by atoms with van der Waals surface area (Å²) in [5.74, 6) is -0.513. The van der Waals surface area contributed by atoms with E-state index in [1.54, 1.807) is 39.1 Å². The van der Waals surface area contributed by atoms with Gasteiger partial charge in [-0.05, 0) is 66.1 Å². The predicted octanol–water partition coefficient (Wildman–Crippen LogP) is 1.72. The first-order valence-electron chi connectivity index (χ1n) is 8.12. The number of esters is 1. The number of hydrogen-bond acceptors (Lipinski definition) is 6. The van der Waals surface area contributed by atoms with Crippen molar-refractivity contribution >= 4 is 18.6 Å². The number of aromatic nitrogens is 1. The second-order valence-electron chi connectivity index (χ2n) is 8.11. The third kappa shape index (κ3) is 3.96. The molecule has 1 unspecified atom stereocenters. The maximum absolute atomic E-state index is 12.1. The topological polar surface area (TPSA) is 83.7 Å². The van der Waals surface area contributed by atoms with Crippen molar-refractivity contribution in [3.05, 3.63) is 24.0 Å². The molecule has 7 heteroatoms. The van der Waals surface area contributed by atoms with Gasteiger partial charge in [0, 0.05) is 6.20 Å². The molecule has 6 nitrogen and oxygen atoms in total. The molecule has 2 N–H and O–H groups in total. The van der Waals surface area contributed by atoms with E-state index in [0.717, 1.165) is 5.46 Å². The summed E-state index contributed by atoms with van der Waals surface area (Å²) in [7, 11) is -0.525. The molecule has 1 atom stereocenters. The summed E-state index contributed by atoms with van der Waals surface area (Å²) < 4.78 is 17.4. The van der Waals surface area contributed by atoms with Gasteiger partial charge >= 0.3 is 13.1 Å². The van der Waals surface area contributed by atoms with E-state index in [1.165, 1.54) is 0 Å². The maximum Gasteiger partial charge on any atom is 0.494 e. The Morgan fingerprint density at radius 3 is 2.29 bits per heavy atom. The van der Waals surface area contributed by atoms with Gasteiger partial charge in [-0.15, -0.1) is 0 Å². The third-order valence-electron chi connectivity index (χ3n) is 4.31. The smallest absolute Gasteiger partial charge is 0.459 e. The lowest BCUT2D eigenvalue weighted by Crippen LogP contribution is -2.41. The number of hydrogen-bond donors (Lipinski definition) is 1. The molecule has 0 aromatic carbocycles. The van der Waals surface area contributed by atoms with Crippen molar-refractivity contribution in [1.29, 1.82) is 0 Å². The Kier molecular flexibility index (Phi) is 4.83. The van der Waals surface area contributed by atoms with E-state index in [1.807, 2.05) is 27.7 Å². The zero-order valence-electron chi connectivity index (χ0n) is 15.5. The van der Waals surface area contributed by atoms with Gasteiger partial charge in [0.2, 0.25) is 0 Å². The first-order chi connectivity index (χ1) is 10.8. The summed E-state index contributed by atoms with van der Waals surface area (Å²) >= 11 is 0.